The van der Waals surface area contributed by atoms with Crippen LogP contribution in [0.5, 0.6) is 5.75 Å². The van der Waals surface area contributed by atoms with Crippen LogP contribution < -0.4 is 4.74 Å². The van der Waals surface area contributed by atoms with Crippen molar-refractivity contribution in [2.24, 2.45) is 0 Å². The molecule has 0 radical (unpaired) electrons. The van der Waals surface area contributed by atoms with Crippen molar-refractivity contribution in [1.29, 1.82) is 0 Å². The van der Waals surface area contributed by atoms with Crippen LogP contribution >= 0.6 is 0 Å². The molecule has 3 heteroatoms. The van der Waals surface area contributed by atoms with Gasteiger partial charge in [0.1, 0.15) is 11.4 Å². The van der Waals surface area contributed by atoms with Gasteiger partial charge in [0.25, 0.3) is 0 Å². The fourth-order valence-electron chi connectivity index (χ4n) is 2.43. The number of aromatic nitrogens is 1. The molecule has 106 valence electrons. The lowest BCUT2D eigenvalue weighted by Crippen LogP contribution is -2.23. The van der Waals surface area contributed by atoms with E-state index in [1.807, 2.05) is 54.6 Å². The summed E-state index contributed by atoms with van der Waals surface area (Å²) in [6.07, 6.45) is 1.72. The lowest BCUT2D eigenvalue weighted by Gasteiger charge is -2.25. The Morgan fingerprint density at radius 1 is 1.00 bits per heavy atom. The highest BCUT2D eigenvalue weighted by Crippen LogP contribution is 2.32. The summed E-state index contributed by atoms with van der Waals surface area (Å²) >= 11 is 0. The second kappa shape index (κ2) is 5.19. The summed E-state index contributed by atoms with van der Waals surface area (Å²) in [6.45, 7) is 1.77. The standard InChI is InChI=1S/C18H17NO2/c1-18(20,14-7-5-8-16(11-14)21-2)15-10-13-6-3-4-9-17(13)19-12-15/h3-12,20H,1-2H3. The average Bonchev–Trinajstić information content (AvgIpc) is 2.54. The molecule has 0 spiro atoms. The van der Waals surface area contributed by atoms with E-state index < -0.39 is 5.60 Å². The third-order valence-electron chi connectivity index (χ3n) is 3.78. The molecule has 0 amide bonds. The van der Waals surface area contributed by atoms with Crippen molar-refractivity contribution in [3.05, 3.63) is 71.9 Å². The first-order valence-corrected chi connectivity index (χ1v) is 6.83. The molecule has 0 saturated heterocycles. The zero-order valence-corrected chi connectivity index (χ0v) is 12.1. The molecule has 1 heterocycles. The zero-order chi connectivity index (χ0) is 14.9. The molecule has 3 rings (SSSR count). The summed E-state index contributed by atoms with van der Waals surface area (Å²) in [5.74, 6) is 0.724. The number of methoxy groups -OCH3 is 1. The molecule has 2 aromatic carbocycles. The summed E-state index contributed by atoms with van der Waals surface area (Å²) < 4.78 is 5.23. The first-order chi connectivity index (χ1) is 10.1. The van der Waals surface area contributed by atoms with Crippen molar-refractivity contribution in [3.63, 3.8) is 0 Å². The Morgan fingerprint density at radius 2 is 1.81 bits per heavy atom. The van der Waals surface area contributed by atoms with Gasteiger partial charge in [-0.25, -0.2) is 0 Å². The predicted molar refractivity (Wildman–Crippen MR) is 83.4 cm³/mol. The monoisotopic (exact) mass is 279 g/mol. The summed E-state index contributed by atoms with van der Waals surface area (Å²) in [7, 11) is 1.62. The Kier molecular flexibility index (Phi) is 3.35. The Balaban J connectivity index is 2.09. The summed E-state index contributed by atoms with van der Waals surface area (Å²) in [4.78, 5) is 4.42. The molecule has 0 aliphatic carbocycles. The van der Waals surface area contributed by atoms with Crippen LogP contribution in [0.3, 0.4) is 0 Å². The molecule has 21 heavy (non-hydrogen) atoms. The van der Waals surface area contributed by atoms with Crippen LogP contribution in [0, 0.1) is 0 Å². The van der Waals surface area contributed by atoms with E-state index in [-0.39, 0.29) is 0 Å². The van der Waals surface area contributed by atoms with Gasteiger partial charge in [0.2, 0.25) is 0 Å². The Hall–Kier alpha value is -2.39. The van der Waals surface area contributed by atoms with Gasteiger partial charge in [-0.05, 0) is 36.8 Å². The normalized spacial score (nSPS) is 13.9. The van der Waals surface area contributed by atoms with Crippen molar-refractivity contribution in [1.82, 2.24) is 4.98 Å². The lowest BCUT2D eigenvalue weighted by atomic mass is 9.88. The number of aliphatic hydroxyl groups is 1. The van der Waals surface area contributed by atoms with E-state index in [9.17, 15) is 5.11 Å². The Morgan fingerprint density at radius 3 is 2.62 bits per heavy atom. The van der Waals surface area contributed by atoms with Crippen molar-refractivity contribution in [3.8, 4) is 5.75 Å². The van der Waals surface area contributed by atoms with Crippen LogP contribution in [0.4, 0.5) is 0 Å². The van der Waals surface area contributed by atoms with Crippen molar-refractivity contribution in [2.45, 2.75) is 12.5 Å². The zero-order valence-electron chi connectivity index (χ0n) is 12.1. The molecule has 3 aromatic rings. The van der Waals surface area contributed by atoms with Gasteiger partial charge in [-0.3, -0.25) is 4.98 Å². The molecule has 1 atom stereocenters. The van der Waals surface area contributed by atoms with E-state index in [1.165, 1.54) is 0 Å². The minimum Gasteiger partial charge on any atom is -0.497 e. The Labute approximate surface area is 123 Å². The smallest absolute Gasteiger partial charge is 0.119 e. The predicted octanol–water partition coefficient (Wildman–Crippen LogP) is 3.50. The van der Waals surface area contributed by atoms with E-state index in [0.29, 0.717) is 0 Å². The summed E-state index contributed by atoms with van der Waals surface area (Å²) in [5.41, 5.74) is 1.34. The van der Waals surface area contributed by atoms with Gasteiger partial charge in [0, 0.05) is 17.1 Å². The highest BCUT2D eigenvalue weighted by Gasteiger charge is 2.26. The van der Waals surface area contributed by atoms with Crippen LogP contribution in [-0.2, 0) is 5.60 Å². The number of benzene rings is 2. The number of rotatable bonds is 3. The highest BCUT2D eigenvalue weighted by atomic mass is 16.5. The maximum absolute atomic E-state index is 10.9. The van der Waals surface area contributed by atoms with Gasteiger partial charge in [0.15, 0.2) is 0 Å². The van der Waals surface area contributed by atoms with Crippen molar-refractivity contribution in [2.75, 3.05) is 7.11 Å². The van der Waals surface area contributed by atoms with Gasteiger partial charge < -0.3 is 9.84 Å². The number of nitrogens with zero attached hydrogens (tertiary/aromatic N) is 1. The fraction of sp³-hybridized carbons (Fsp3) is 0.167. The van der Waals surface area contributed by atoms with Gasteiger partial charge in [0.05, 0.1) is 12.6 Å². The minimum absolute atomic E-state index is 0.724. The largest absolute Gasteiger partial charge is 0.497 e. The quantitative estimate of drug-likeness (QED) is 0.798. The molecule has 3 nitrogen and oxygen atoms in total. The van der Waals surface area contributed by atoms with E-state index in [0.717, 1.165) is 27.8 Å². The molecule has 0 saturated carbocycles. The number of pyridine rings is 1. The SMILES string of the molecule is COc1cccc(C(C)(O)c2cnc3ccccc3c2)c1. The summed E-state index contributed by atoms with van der Waals surface area (Å²) in [6, 6.07) is 17.3. The maximum Gasteiger partial charge on any atom is 0.119 e. The fourth-order valence-corrected chi connectivity index (χ4v) is 2.43. The van der Waals surface area contributed by atoms with Gasteiger partial charge in [-0.1, -0.05) is 30.3 Å². The molecular formula is C18H17NO2. The van der Waals surface area contributed by atoms with Gasteiger partial charge in [-0.2, -0.15) is 0 Å². The highest BCUT2D eigenvalue weighted by molar-refractivity contribution is 5.79. The molecule has 1 unspecified atom stereocenters. The van der Waals surface area contributed by atoms with E-state index in [1.54, 1.807) is 20.2 Å². The van der Waals surface area contributed by atoms with Gasteiger partial charge in [-0.15, -0.1) is 0 Å². The van der Waals surface area contributed by atoms with Gasteiger partial charge >= 0.3 is 0 Å². The molecular weight excluding hydrogens is 262 g/mol. The third-order valence-corrected chi connectivity index (χ3v) is 3.78. The maximum atomic E-state index is 10.9. The van der Waals surface area contributed by atoms with E-state index in [2.05, 4.69) is 4.98 Å². The summed E-state index contributed by atoms with van der Waals surface area (Å²) in [5, 5.41) is 12.0. The molecule has 0 aliphatic rings. The number of ether oxygens (including phenoxy) is 1. The van der Waals surface area contributed by atoms with Crippen LogP contribution in [0.15, 0.2) is 60.8 Å². The molecule has 0 bridgehead atoms. The molecule has 1 aromatic heterocycles. The second-order valence-corrected chi connectivity index (χ2v) is 5.22. The average molecular weight is 279 g/mol. The number of hydrogen-bond donors (Lipinski definition) is 1. The van der Waals surface area contributed by atoms with Crippen LogP contribution in [0.2, 0.25) is 0 Å². The first kappa shape index (κ1) is 13.6. The second-order valence-electron chi connectivity index (χ2n) is 5.22. The number of fused-ring (bicyclic) bond motifs is 1. The molecule has 1 N–H and O–H groups in total. The number of para-hydroxylation sites is 1. The van der Waals surface area contributed by atoms with E-state index in [4.69, 9.17) is 4.74 Å². The van der Waals surface area contributed by atoms with E-state index >= 15 is 0 Å². The first-order valence-electron chi connectivity index (χ1n) is 6.83. The van der Waals surface area contributed by atoms with Crippen LogP contribution in [0.1, 0.15) is 18.1 Å². The topological polar surface area (TPSA) is 42.4 Å². The minimum atomic E-state index is -1.12. The molecule has 0 aliphatic heterocycles. The number of hydrogen-bond acceptors (Lipinski definition) is 3. The van der Waals surface area contributed by atoms with Crippen molar-refractivity contribution >= 4 is 10.9 Å². The Bertz CT molecular complexity index is 781. The lowest BCUT2D eigenvalue weighted by molar-refractivity contribution is 0.102. The van der Waals surface area contributed by atoms with Crippen molar-refractivity contribution < 1.29 is 9.84 Å². The molecule has 0 fully saturated rings. The third kappa shape index (κ3) is 2.48. The van der Waals surface area contributed by atoms with Crippen LogP contribution in [0.25, 0.3) is 10.9 Å². The van der Waals surface area contributed by atoms with Crippen LogP contribution in [-0.4, -0.2) is 17.2 Å².